The van der Waals surface area contributed by atoms with Gasteiger partial charge in [-0.05, 0) is 12.8 Å². The Morgan fingerprint density at radius 1 is 0.667 bits per heavy atom. The van der Waals surface area contributed by atoms with E-state index in [1.165, 1.54) is 0 Å². The van der Waals surface area contributed by atoms with Crippen molar-refractivity contribution in [2.45, 2.75) is 77.0 Å². The maximum absolute atomic E-state index is 10.6. The van der Waals surface area contributed by atoms with Crippen molar-refractivity contribution in [2.24, 2.45) is 11.5 Å². The van der Waals surface area contributed by atoms with Gasteiger partial charge in [-0.3, -0.25) is 9.59 Å². The largest absolute Gasteiger partial charge is 0.370 e. The van der Waals surface area contributed by atoms with Crippen molar-refractivity contribution in [3.63, 3.8) is 0 Å². The van der Waals surface area contributed by atoms with Gasteiger partial charge in [-0.25, -0.2) is 0 Å². The number of hydrogen-bond acceptors (Lipinski definition) is 2. The first-order valence-corrected chi connectivity index (χ1v) is 6.90. The van der Waals surface area contributed by atoms with Gasteiger partial charge >= 0.3 is 0 Å². The minimum Gasteiger partial charge on any atom is -0.370 e. The van der Waals surface area contributed by atoms with Crippen LogP contribution in [0.2, 0.25) is 0 Å². The summed E-state index contributed by atoms with van der Waals surface area (Å²) in [7, 11) is 0. The van der Waals surface area contributed by atoms with Crippen LogP contribution < -0.4 is 11.5 Å². The highest BCUT2D eigenvalue weighted by Crippen LogP contribution is 2.11. The first-order chi connectivity index (χ1) is 9.33. The SMILES string of the molecule is [2H]C([2H])(CCCCCCCCCC(N)=O)CCC(N)=O. The van der Waals surface area contributed by atoms with Gasteiger partial charge in [0.1, 0.15) is 0 Å². The van der Waals surface area contributed by atoms with Crippen LogP contribution in [-0.2, 0) is 9.59 Å². The quantitative estimate of drug-likeness (QED) is 0.497. The molecule has 18 heavy (non-hydrogen) atoms. The maximum atomic E-state index is 10.6. The lowest BCUT2D eigenvalue weighted by atomic mass is 10.1. The summed E-state index contributed by atoms with van der Waals surface area (Å²) in [6.45, 7) is 0. The molecular weight excluding hydrogens is 228 g/mol. The van der Waals surface area contributed by atoms with Gasteiger partial charge in [-0.15, -0.1) is 0 Å². The summed E-state index contributed by atoms with van der Waals surface area (Å²) in [5, 5.41) is 0. The van der Waals surface area contributed by atoms with Crippen LogP contribution >= 0.6 is 0 Å². The van der Waals surface area contributed by atoms with Crippen molar-refractivity contribution in [3.05, 3.63) is 0 Å². The minimum atomic E-state index is -1.28. The van der Waals surface area contributed by atoms with E-state index in [0.29, 0.717) is 12.8 Å². The Morgan fingerprint density at radius 2 is 1.06 bits per heavy atom. The average Bonchev–Trinajstić information content (AvgIpc) is 2.34. The summed E-state index contributed by atoms with van der Waals surface area (Å²) in [6, 6.07) is 0. The molecule has 0 aromatic heterocycles. The van der Waals surface area contributed by atoms with Crippen LogP contribution in [0.15, 0.2) is 0 Å². The van der Waals surface area contributed by atoms with E-state index in [2.05, 4.69) is 0 Å². The lowest BCUT2D eigenvalue weighted by Crippen LogP contribution is -2.09. The predicted octanol–water partition coefficient (Wildman–Crippen LogP) is 2.64. The van der Waals surface area contributed by atoms with Crippen molar-refractivity contribution in [1.82, 2.24) is 0 Å². The topological polar surface area (TPSA) is 86.2 Å². The van der Waals surface area contributed by atoms with Gasteiger partial charge in [0, 0.05) is 15.6 Å². The zero-order chi connectivity index (χ0) is 15.4. The minimum absolute atomic E-state index is 0.118. The van der Waals surface area contributed by atoms with E-state index in [9.17, 15) is 9.59 Å². The summed E-state index contributed by atoms with van der Waals surface area (Å²) in [5.41, 5.74) is 10.1. The third-order valence-electron chi connectivity index (χ3n) is 2.82. The molecule has 0 fully saturated rings. The molecule has 4 nitrogen and oxygen atoms in total. The maximum Gasteiger partial charge on any atom is 0.217 e. The number of hydrogen-bond donors (Lipinski definition) is 2. The molecule has 0 heterocycles. The molecule has 0 aliphatic carbocycles. The van der Waals surface area contributed by atoms with Crippen LogP contribution in [0.4, 0.5) is 0 Å². The van der Waals surface area contributed by atoms with E-state index in [1.54, 1.807) is 0 Å². The van der Waals surface area contributed by atoms with E-state index < -0.39 is 12.3 Å². The molecule has 0 unspecified atom stereocenters. The molecule has 4 N–H and O–H groups in total. The number of primary amides is 2. The van der Waals surface area contributed by atoms with Gasteiger partial charge in [0.25, 0.3) is 0 Å². The smallest absolute Gasteiger partial charge is 0.217 e. The van der Waals surface area contributed by atoms with E-state index in [-0.39, 0.29) is 18.7 Å². The first kappa shape index (κ1) is 13.4. The van der Waals surface area contributed by atoms with Gasteiger partial charge in [-0.1, -0.05) is 51.3 Å². The zero-order valence-corrected chi connectivity index (χ0v) is 11.2. The molecule has 0 rings (SSSR count). The van der Waals surface area contributed by atoms with Gasteiger partial charge in [0.2, 0.25) is 11.8 Å². The van der Waals surface area contributed by atoms with Crippen LogP contribution in [0.1, 0.15) is 79.7 Å². The molecule has 0 saturated carbocycles. The summed E-state index contributed by atoms with van der Waals surface area (Å²) in [6.07, 6.45) is 7.06. The van der Waals surface area contributed by atoms with Crippen LogP contribution in [0.3, 0.4) is 0 Å². The predicted molar refractivity (Wildman–Crippen MR) is 73.8 cm³/mol. The average molecular weight is 258 g/mol. The second kappa shape index (κ2) is 12.4. The van der Waals surface area contributed by atoms with Gasteiger partial charge in [-0.2, -0.15) is 0 Å². The summed E-state index contributed by atoms with van der Waals surface area (Å²) < 4.78 is 15.5. The van der Waals surface area contributed by atoms with Crippen LogP contribution in [0.25, 0.3) is 0 Å². The number of amides is 2. The third kappa shape index (κ3) is 14.9. The molecule has 0 bridgehead atoms. The summed E-state index contributed by atoms with van der Waals surface area (Å²) >= 11 is 0. The molecule has 0 aromatic rings. The van der Waals surface area contributed by atoms with Crippen molar-refractivity contribution in [3.8, 4) is 0 Å². The molecular formula is C14H28N2O2. The standard InChI is InChI=1S/C14H28N2O2/c15-13(17)11-9-7-5-3-1-2-4-6-8-10-12-14(16)18/h1-12H2,(H2,15,17)(H2,16,18)/i7D2. The second-order valence-electron chi connectivity index (χ2n) is 4.66. The van der Waals surface area contributed by atoms with Gasteiger partial charge in [0.15, 0.2) is 0 Å². The van der Waals surface area contributed by atoms with E-state index in [1.807, 2.05) is 0 Å². The Kier molecular flexibility index (Phi) is 9.21. The van der Waals surface area contributed by atoms with Crippen LogP contribution in [0.5, 0.6) is 0 Å². The lowest BCUT2D eigenvalue weighted by Gasteiger charge is -2.02. The number of rotatable bonds is 13. The Morgan fingerprint density at radius 3 is 1.56 bits per heavy atom. The molecule has 0 saturated heterocycles. The fourth-order valence-corrected chi connectivity index (χ4v) is 1.77. The molecule has 2 amide bonds. The fraction of sp³-hybridized carbons (Fsp3) is 0.857. The monoisotopic (exact) mass is 258 g/mol. The van der Waals surface area contributed by atoms with E-state index in [4.69, 9.17) is 14.2 Å². The second-order valence-corrected chi connectivity index (χ2v) is 4.66. The number of unbranched alkanes of at least 4 members (excludes halogenated alkanes) is 6. The summed E-state index contributed by atoms with van der Waals surface area (Å²) in [5.74, 6) is -0.673. The molecule has 0 atom stereocenters. The number of nitrogens with two attached hydrogens (primary N) is 2. The first-order valence-electron chi connectivity index (χ1n) is 7.90. The molecule has 0 aliphatic heterocycles. The van der Waals surface area contributed by atoms with Crippen molar-refractivity contribution >= 4 is 11.8 Å². The molecule has 0 radical (unpaired) electrons. The number of carbonyl (C=O) groups is 2. The van der Waals surface area contributed by atoms with Crippen molar-refractivity contribution in [1.29, 1.82) is 0 Å². The Bertz CT molecular complexity index is 297. The van der Waals surface area contributed by atoms with Crippen LogP contribution in [0, 0.1) is 0 Å². The molecule has 0 aliphatic rings. The molecule has 0 aromatic carbocycles. The normalized spacial score (nSPS) is 12.9. The third-order valence-corrected chi connectivity index (χ3v) is 2.82. The molecule has 0 spiro atoms. The van der Waals surface area contributed by atoms with Gasteiger partial charge < -0.3 is 11.5 Å². The van der Waals surface area contributed by atoms with Gasteiger partial charge in [0.05, 0.1) is 0 Å². The highest BCUT2D eigenvalue weighted by molar-refractivity contribution is 5.73. The van der Waals surface area contributed by atoms with E-state index >= 15 is 0 Å². The summed E-state index contributed by atoms with van der Waals surface area (Å²) in [4.78, 5) is 21.1. The molecule has 106 valence electrons. The lowest BCUT2D eigenvalue weighted by molar-refractivity contribution is -0.119. The van der Waals surface area contributed by atoms with E-state index in [0.717, 1.165) is 44.9 Å². The number of carbonyl (C=O) groups excluding carboxylic acids is 2. The highest BCUT2D eigenvalue weighted by atomic mass is 16.1. The van der Waals surface area contributed by atoms with Crippen LogP contribution in [-0.4, -0.2) is 11.8 Å². The zero-order valence-electron chi connectivity index (χ0n) is 13.2. The highest BCUT2D eigenvalue weighted by Gasteiger charge is 1.96. The molecule has 4 heteroatoms. The fourth-order valence-electron chi connectivity index (χ4n) is 1.77. The van der Waals surface area contributed by atoms with Crippen molar-refractivity contribution < 1.29 is 12.3 Å². The Balaban J connectivity index is 3.38. The Labute approximate surface area is 113 Å². The van der Waals surface area contributed by atoms with Crippen molar-refractivity contribution in [2.75, 3.05) is 0 Å². The Hall–Kier alpha value is -1.06.